The SMILES string of the molecule is NC(=O)Cn1cc(C=C2NC(=O)N(CC(=O)Nc3ccc(F)cc3)C2=O)c2ccccc21. The second-order valence-electron chi connectivity index (χ2n) is 7.13. The predicted octanol–water partition coefficient (Wildman–Crippen LogP) is 1.80. The minimum absolute atomic E-state index is 0.00781. The Bertz CT molecular complexity index is 1280. The molecule has 1 fully saturated rings. The van der Waals surface area contributed by atoms with Crippen LogP contribution in [0.15, 0.2) is 60.4 Å². The maximum absolute atomic E-state index is 13.0. The van der Waals surface area contributed by atoms with Crippen LogP contribution in [-0.2, 0) is 20.9 Å². The van der Waals surface area contributed by atoms with Gasteiger partial charge in [-0.25, -0.2) is 14.1 Å². The van der Waals surface area contributed by atoms with Gasteiger partial charge in [0.2, 0.25) is 11.8 Å². The predicted molar refractivity (Wildman–Crippen MR) is 114 cm³/mol. The summed E-state index contributed by atoms with van der Waals surface area (Å²) >= 11 is 0. The maximum Gasteiger partial charge on any atom is 0.329 e. The molecule has 3 aromatic rings. The molecule has 0 spiro atoms. The third kappa shape index (κ3) is 4.19. The molecule has 4 rings (SSSR count). The fourth-order valence-corrected chi connectivity index (χ4v) is 3.44. The highest BCUT2D eigenvalue weighted by molar-refractivity contribution is 6.16. The summed E-state index contributed by atoms with van der Waals surface area (Å²) in [6.45, 7) is -0.553. The number of nitrogens with one attached hydrogen (secondary N) is 2. The Hall–Kier alpha value is -4.47. The number of rotatable bonds is 6. The Kier molecular flexibility index (Phi) is 5.42. The van der Waals surface area contributed by atoms with E-state index in [0.717, 1.165) is 15.8 Å². The number of carbonyl (C=O) groups excluding carboxylic acids is 4. The number of carbonyl (C=O) groups is 4. The molecule has 2 aromatic carbocycles. The van der Waals surface area contributed by atoms with E-state index in [9.17, 15) is 23.6 Å². The highest BCUT2D eigenvalue weighted by Crippen LogP contribution is 2.24. The molecule has 5 amide bonds. The minimum atomic E-state index is -0.739. The summed E-state index contributed by atoms with van der Waals surface area (Å²) in [4.78, 5) is 49.4. The van der Waals surface area contributed by atoms with Crippen molar-refractivity contribution in [1.82, 2.24) is 14.8 Å². The van der Waals surface area contributed by atoms with E-state index in [4.69, 9.17) is 5.73 Å². The second kappa shape index (κ2) is 8.34. The first kappa shape index (κ1) is 20.8. The number of anilines is 1. The van der Waals surface area contributed by atoms with Gasteiger partial charge in [-0.3, -0.25) is 14.4 Å². The Morgan fingerprint density at radius 2 is 1.78 bits per heavy atom. The highest BCUT2D eigenvalue weighted by atomic mass is 19.1. The zero-order chi connectivity index (χ0) is 22.8. The monoisotopic (exact) mass is 435 g/mol. The van der Waals surface area contributed by atoms with Crippen LogP contribution < -0.4 is 16.4 Å². The van der Waals surface area contributed by atoms with Crippen molar-refractivity contribution in [2.75, 3.05) is 11.9 Å². The zero-order valence-corrected chi connectivity index (χ0v) is 16.7. The molecule has 0 aliphatic carbocycles. The first-order valence-electron chi connectivity index (χ1n) is 9.58. The molecule has 1 aromatic heterocycles. The third-order valence-corrected chi connectivity index (χ3v) is 4.84. The summed E-state index contributed by atoms with van der Waals surface area (Å²) in [6, 6.07) is 11.6. The van der Waals surface area contributed by atoms with Crippen molar-refractivity contribution in [1.29, 1.82) is 0 Å². The molecule has 0 radical (unpaired) electrons. The van der Waals surface area contributed by atoms with Crippen LogP contribution in [0, 0.1) is 5.82 Å². The smallest absolute Gasteiger partial charge is 0.329 e. The number of aromatic nitrogens is 1. The molecule has 1 aliphatic heterocycles. The van der Waals surface area contributed by atoms with E-state index >= 15 is 0 Å². The molecule has 1 saturated heterocycles. The summed E-state index contributed by atoms with van der Waals surface area (Å²) < 4.78 is 14.6. The number of primary amides is 1. The van der Waals surface area contributed by atoms with Crippen LogP contribution in [-0.4, -0.2) is 39.8 Å². The second-order valence-corrected chi connectivity index (χ2v) is 7.13. The molecule has 10 heteroatoms. The quantitative estimate of drug-likeness (QED) is 0.403. The minimum Gasteiger partial charge on any atom is -0.368 e. The average Bonchev–Trinajstić information content (AvgIpc) is 3.22. The van der Waals surface area contributed by atoms with Crippen LogP contribution in [0.2, 0.25) is 0 Å². The Labute approximate surface area is 181 Å². The van der Waals surface area contributed by atoms with Gasteiger partial charge in [-0.1, -0.05) is 18.2 Å². The molecule has 0 atom stereocenters. The Balaban J connectivity index is 1.54. The topological polar surface area (TPSA) is 127 Å². The molecule has 0 unspecified atom stereocenters. The van der Waals surface area contributed by atoms with Crippen molar-refractivity contribution in [3.8, 4) is 0 Å². The Morgan fingerprint density at radius 1 is 1.06 bits per heavy atom. The van der Waals surface area contributed by atoms with Crippen molar-refractivity contribution in [2.24, 2.45) is 5.73 Å². The van der Waals surface area contributed by atoms with E-state index in [1.807, 2.05) is 6.07 Å². The molecule has 2 heterocycles. The summed E-state index contributed by atoms with van der Waals surface area (Å²) in [7, 11) is 0. The van der Waals surface area contributed by atoms with Gasteiger partial charge in [0.25, 0.3) is 5.91 Å². The van der Waals surface area contributed by atoms with Gasteiger partial charge in [0.1, 0.15) is 24.6 Å². The number of hydrogen-bond acceptors (Lipinski definition) is 4. The molecule has 32 heavy (non-hydrogen) atoms. The standard InChI is InChI=1S/C22H18FN5O4/c23-14-5-7-15(8-6-14)25-20(30)12-28-21(31)17(26-22(28)32)9-13-10-27(11-19(24)29)18-4-2-1-3-16(13)18/h1-10H,11-12H2,(H2,24,29)(H,25,30)(H,26,32). The van der Waals surface area contributed by atoms with Crippen LogP contribution in [0.5, 0.6) is 0 Å². The fourth-order valence-electron chi connectivity index (χ4n) is 3.44. The fraction of sp³-hybridized carbons (Fsp3) is 0.0909. The molecule has 0 saturated carbocycles. The van der Waals surface area contributed by atoms with Crippen molar-refractivity contribution >= 4 is 46.4 Å². The van der Waals surface area contributed by atoms with Gasteiger partial charge in [-0.15, -0.1) is 0 Å². The number of halogens is 1. The van der Waals surface area contributed by atoms with Gasteiger partial charge in [0.05, 0.1) is 0 Å². The van der Waals surface area contributed by atoms with E-state index in [-0.39, 0.29) is 12.2 Å². The molecule has 0 bridgehead atoms. The van der Waals surface area contributed by atoms with Gasteiger partial charge in [0.15, 0.2) is 0 Å². The first-order chi connectivity index (χ1) is 15.3. The van der Waals surface area contributed by atoms with E-state index in [0.29, 0.717) is 11.3 Å². The third-order valence-electron chi connectivity index (χ3n) is 4.84. The van der Waals surface area contributed by atoms with Gasteiger partial charge in [-0.05, 0) is 36.4 Å². The maximum atomic E-state index is 13.0. The Morgan fingerprint density at radius 3 is 2.50 bits per heavy atom. The lowest BCUT2D eigenvalue weighted by atomic mass is 10.1. The van der Waals surface area contributed by atoms with Crippen LogP contribution in [0.25, 0.3) is 17.0 Å². The molecule has 4 N–H and O–H groups in total. The van der Waals surface area contributed by atoms with Gasteiger partial charge < -0.3 is 20.9 Å². The highest BCUT2D eigenvalue weighted by Gasteiger charge is 2.35. The van der Waals surface area contributed by atoms with Crippen LogP contribution in [0.3, 0.4) is 0 Å². The van der Waals surface area contributed by atoms with E-state index in [1.165, 1.54) is 30.3 Å². The van der Waals surface area contributed by atoms with Crippen LogP contribution in [0.4, 0.5) is 14.9 Å². The van der Waals surface area contributed by atoms with Crippen molar-refractivity contribution in [3.63, 3.8) is 0 Å². The molecule has 162 valence electrons. The summed E-state index contributed by atoms with van der Waals surface area (Å²) in [5.41, 5.74) is 6.97. The number of nitrogens with zero attached hydrogens (tertiary/aromatic N) is 2. The summed E-state index contributed by atoms with van der Waals surface area (Å²) in [5.74, 6) is -2.26. The zero-order valence-electron chi connectivity index (χ0n) is 16.7. The summed E-state index contributed by atoms with van der Waals surface area (Å²) in [5, 5.41) is 5.72. The normalized spacial score (nSPS) is 14.8. The number of nitrogens with two attached hydrogens (primary N) is 1. The number of benzene rings is 2. The number of urea groups is 1. The number of fused-ring (bicyclic) bond motifs is 1. The lowest BCUT2D eigenvalue weighted by Gasteiger charge is -2.11. The first-order valence-corrected chi connectivity index (χ1v) is 9.58. The number of hydrogen-bond donors (Lipinski definition) is 3. The van der Waals surface area contributed by atoms with Crippen LogP contribution >= 0.6 is 0 Å². The van der Waals surface area contributed by atoms with Gasteiger partial charge in [0, 0.05) is 28.4 Å². The molecular weight excluding hydrogens is 417 g/mol. The summed E-state index contributed by atoms with van der Waals surface area (Å²) in [6.07, 6.45) is 3.14. The van der Waals surface area contributed by atoms with Crippen molar-refractivity contribution < 1.29 is 23.6 Å². The van der Waals surface area contributed by atoms with Gasteiger partial charge in [-0.2, -0.15) is 0 Å². The lowest BCUT2D eigenvalue weighted by Crippen LogP contribution is -2.38. The molecule has 9 nitrogen and oxygen atoms in total. The number of para-hydroxylation sites is 1. The lowest BCUT2D eigenvalue weighted by molar-refractivity contribution is -0.127. The largest absolute Gasteiger partial charge is 0.368 e. The van der Waals surface area contributed by atoms with E-state index < -0.39 is 36.1 Å². The number of imide groups is 1. The molecular formula is C22H18FN5O4. The van der Waals surface area contributed by atoms with Crippen molar-refractivity contribution in [2.45, 2.75) is 6.54 Å². The average molecular weight is 435 g/mol. The number of amides is 5. The van der Waals surface area contributed by atoms with E-state index in [2.05, 4.69) is 10.6 Å². The van der Waals surface area contributed by atoms with E-state index in [1.54, 1.807) is 29.0 Å². The van der Waals surface area contributed by atoms with Crippen molar-refractivity contribution in [3.05, 3.63) is 71.8 Å². The van der Waals surface area contributed by atoms with Crippen LogP contribution in [0.1, 0.15) is 5.56 Å². The molecule has 1 aliphatic rings. The van der Waals surface area contributed by atoms with Gasteiger partial charge >= 0.3 is 6.03 Å².